The summed E-state index contributed by atoms with van der Waals surface area (Å²) in [6, 6.07) is 11.5. The molecule has 0 amide bonds. The molecule has 90 valence electrons. The van der Waals surface area contributed by atoms with Crippen molar-refractivity contribution in [2.45, 2.75) is 6.92 Å². The van der Waals surface area contributed by atoms with Crippen LogP contribution in [-0.2, 0) is 0 Å². The lowest BCUT2D eigenvalue weighted by molar-refractivity contribution is 1.33. The van der Waals surface area contributed by atoms with Crippen molar-refractivity contribution in [1.29, 1.82) is 0 Å². The number of aromatic amines is 1. The first-order valence-electron chi connectivity index (χ1n) is 5.75. The van der Waals surface area contributed by atoms with Crippen LogP contribution >= 0.6 is 0 Å². The van der Waals surface area contributed by atoms with Gasteiger partial charge in [0.25, 0.3) is 0 Å². The van der Waals surface area contributed by atoms with E-state index in [4.69, 9.17) is 11.5 Å². The fourth-order valence-corrected chi connectivity index (χ4v) is 2.13. The Hall–Kier alpha value is -2.49. The summed E-state index contributed by atoms with van der Waals surface area (Å²) in [5.41, 5.74) is 16.9. The topological polar surface area (TPSA) is 80.7 Å². The average Bonchev–Trinajstić information content (AvgIpc) is 2.73. The van der Waals surface area contributed by atoms with E-state index in [1.54, 1.807) is 6.07 Å². The largest absolute Gasteiger partial charge is 0.399 e. The Bertz CT molecular complexity index is 707. The molecule has 0 aliphatic carbocycles. The second-order valence-corrected chi connectivity index (χ2v) is 4.44. The van der Waals surface area contributed by atoms with Gasteiger partial charge in [-0.2, -0.15) is 0 Å². The minimum Gasteiger partial charge on any atom is -0.399 e. The van der Waals surface area contributed by atoms with Crippen molar-refractivity contribution in [2.24, 2.45) is 0 Å². The minimum atomic E-state index is 0.641. The monoisotopic (exact) mass is 238 g/mol. The fourth-order valence-electron chi connectivity index (χ4n) is 2.13. The van der Waals surface area contributed by atoms with E-state index >= 15 is 0 Å². The number of anilines is 2. The van der Waals surface area contributed by atoms with E-state index < -0.39 is 0 Å². The normalized spacial score (nSPS) is 10.9. The quantitative estimate of drug-likeness (QED) is 0.570. The summed E-state index contributed by atoms with van der Waals surface area (Å²) in [7, 11) is 0. The van der Waals surface area contributed by atoms with Crippen molar-refractivity contribution in [2.75, 3.05) is 11.5 Å². The van der Waals surface area contributed by atoms with E-state index in [1.807, 2.05) is 37.3 Å². The van der Waals surface area contributed by atoms with Crippen LogP contribution in [0.15, 0.2) is 36.4 Å². The third kappa shape index (κ3) is 1.68. The van der Waals surface area contributed by atoms with Gasteiger partial charge in [0.05, 0.1) is 11.0 Å². The molecule has 1 heterocycles. The molecule has 18 heavy (non-hydrogen) atoms. The average molecular weight is 238 g/mol. The third-order valence-corrected chi connectivity index (χ3v) is 2.97. The number of fused-ring (bicyclic) bond motifs is 1. The van der Waals surface area contributed by atoms with Gasteiger partial charge < -0.3 is 16.5 Å². The molecule has 0 bridgehead atoms. The standard InChI is InChI=1S/C14H14N4/c1-8-3-2-4-12-13(8)18-14(17-12)9-5-10(15)7-11(16)6-9/h2-7H,15-16H2,1H3,(H,17,18). The molecule has 2 aromatic carbocycles. The van der Waals surface area contributed by atoms with E-state index in [-0.39, 0.29) is 0 Å². The maximum Gasteiger partial charge on any atom is 0.138 e. The predicted molar refractivity (Wildman–Crippen MR) is 75.1 cm³/mol. The molecule has 0 radical (unpaired) electrons. The van der Waals surface area contributed by atoms with Gasteiger partial charge in [0.15, 0.2) is 0 Å². The number of nitrogens with one attached hydrogen (secondary N) is 1. The van der Waals surface area contributed by atoms with Crippen LogP contribution in [0.25, 0.3) is 22.4 Å². The Labute approximate surface area is 105 Å². The van der Waals surface area contributed by atoms with E-state index in [0.29, 0.717) is 11.4 Å². The Kier molecular flexibility index (Phi) is 2.23. The van der Waals surface area contributed by atoms with Gasteiger partial charge in [-0.05, 0) is 36.8 Å². The Morgan fingerprint density at radius 1 is 1.06 bits per heavy atom. The van der Waals surface area contributed by atoms with Crippen LogP contribution in [-0.4, -0.2) is 9.97 Å². The zero-order chi connectivity index (χ0) is 12.7. The van der Waals surface area contributed by atoms with Gasteiger partial charge in [-0.15, -0.1) is 0 Å². The molecule has 0 fully saturated rings. The summed E-state index contributed by atoms with van der Waals surface area (Å²) >= 11 is 0. The van der Waals surface area contributed by atoms with Crippen LogP contribution in [0.1, 0.15) is 5.56 Å². The summed E-state index contributed by atoms with van der Waals surface area (Å²) < 4.78 is 0. The number of imidazole rings is 1. The molecular formula is C14H14N4. The summed E-state index contributed by atoms with van der Waals surface area (Å²) in [6.07, 6.45) is 0. The van der Waals surface area contributed by atoms with E-state index in [0.717, 1.165) is 28.0 Å². The van der Waals surface area contributed by atoms with Crippen LogP contribution in [0.3, 0.4) is 0 Å². The predicted octanol–water partition coefficient (Wildman–Crippen LogP) is 2.70. The molecule has 1 aromatic heterocycles. The van der Waals surface area contributed by atoms with Gasteiger partial charge in [0.1, 0.15) is 5.82 Å². The van der Waals surface area contributed by atoms with Crippen LogP contribution in [0.2, 0.25) is 0 Å². The van der Waals surface area contributed by atoms with Gasteiger partial charge in [-0.25, -0.2) is 4.98 Å². The molecular weight excluding hydrogens is 224 g/mol. The highest BCUT2D eigenvalue weighted by Gasteiger charge is 2.07. The Morgan fingerprint density at radius 3 is 2.44 bits per heavy atom. The summed E-state index contributed by atoms with van der Waals surface area (Å²) in [4.78, 5) is 7.88. The molecule has 3 aromatic rings. The molecule has 0 aliphatic rings. The smallest absolute Gasteiger partial charge is 0.138 e. The number of hydrogen-bond donors (Lipinski definition) is 3. The van der Waals surface area contributed by atoms with Crippen LogP contribution in [0.4, 0.5) is 11.4 Å². The van der Waals surface area contributed by atoms with Gasteiger partial charge in [-0.3, -0.25) is 0 Å². The molecule has 0 saturated heterocycles. The first-order valence-corrected chi connectivity index (χ1v) is 5.75. The number of para-hydroxylation sites is 1. The maximum absolute atomic E-state index is 5.80. The van der Waals surface area contributed by atoms with Gasteiger partial charge >= 0.3 is 0 Å². The number of nitrogen functional groups attached to an aromatic ring is 2. The first-order chi connectivity index (χ1) is 8.63. The van der Waals surface area contributed by atoms with E-state index in [1.165, 1.54) is 0 Å². The molecule has 3 rings (SSSR count). The number of H-pyrrole nitrogens is 1. The molecule has 0 unspecified atom stereocenters. The van der Waals surface area contributed by atoms with Crippen LogP contribution in [0, 0.1) is 6.92 Å². The first kappa shape index (κ1) is 10.7. The lowest BCUT2D eigenvalue weighted by Crippen LogP contribution is -1.92. The van der Waals surface area contributed by atoms with E-state index in [2.05, 4.69) is 9.97 Å². The molecule has 0 aliphatic heterocycles. The number of aryl methyl sites for hydroxylation is 1. The number of aromatic nitrogens is 2. The summed E-state index contributed by atoms with van der Waals surface area (Å²) in [5, 5.41) is 0. The van der Waals surface area contributed by atoms with Crippen molar-refractivity contribution in [3.63, 3.8) is 0 Å². The molecule has 0 spiro atoms. The van der Waals surface area contributed by atoms with Gasteiger partial charge in [0, 0.05) is 16.9 Å². The minimum absolute atomic E-state index is 0.641. The number of nitrogens with zero attached hydrogens (tertiary/aromatic N) is 1. The van der Waals surface area contributed by atoms with Crippen molar-refractivity contribution in [1.82, 2.24) is 9.97 Å². The Morgan fingerprint density at radius 2 is 1.78 bits per heavy atom. The molecule has 0 saturated carbocycles. The maximum atomic E-state index is 5.80. The zero-order valence-electron chi connectivity index (χ0n) is 10.1. The Balaban J connectivity index is 2.22. The number of hydrogen-bond acceptors (Lipinski definition) is 3. The van der Waals surface area contributed by atoms with Crippen molar-refractivity contribution < 1.29 is 0 Å². The van der Waals surface area contributed by atoms with Crippen LogP contribution in [0.5, 0.6) is 0 Å². The van der Waals surface area contributed by atoms with Gasteiger partial charge in [0.2, 0.25) is 0 Å². The van der Waals surface area contributed by atoms with Crippen molar-refractivity contribution in [3.8, 4) is 11.4 Å². The summed E-state index contributed by atoms with van der Waals surface area (Å²) in [6.45, 7) is 2.04. The molecule has 5 N–H and O–H groups in total. The molecule has 0 atom stereocenters. The summed E-state index contributed by atoms with van der Waals surface area (Å²) in [5.74, 6) is 0.790. The van der Waals surface area contributed by atoms with Crippen molar-refractivity contribution in [3.05, 3.63) is 42.0 Å². The van der Waals surface area contributed by atoms with Crippen LogP contribution < -0.4 is 11.5 Å². The lowest BCUT2D eigenvalue weighted by Gasteiger charge is -2.01. The third-order valence-electron chi connectivity index (χ3n) is 2.97. The SMILES string of the molecule is Cc1cccc2[nH]c(-c3cc(N)cc(N)c3)nc12. The van der Waals surface area contributed by atoms with Crippen molar-refractivity contribution >= 4 is 22.4 Å². The fraction of sp³-hybridized carbons (Fsp3) is 0.0714. The number of rotatable bonds is 1. The number of nitrogens with two attached hydrogens (primary N) is 2. The highest BCUT2D eigenvalue weighted by atomic mass is 14.9. The van der Waals surface area contributed by atoms with E-state index in [9.17, 15) is 0 Å². The van der Waals surface area contributed by atoms with Gasteiger partial charge in [-0.1, -0.05) is 12.1 Å². The highest BCUT2D eigenvalue weighted by molar-refractivity contribution is 5.83. The highest BCUT2D eigenvalue weighted by Crippen LogP contribution is 2.25. The number of benzene rings is 2. The second kappa shape index (κ2) is 3.77. The second-order valence-electron chi connectivity index (χ2n) is 4.44. The molecule has 4 nitrogen and oxygen atoms in total. The molecule has 4 heteroatoms. The lowest BCUT2D eigenvalue weighted by atomic mass is 10.1. The zero-order valence-corrected chi connectivity index (χ0v) is 10.1.